The standard InChI is InChI=1S/C20H17NO4S2/c1-12-6-8-15(9-7-12)21-18(22)17(27-20(21)26)11-14-4-3-5-16(10-14)25-13(2)19(23)24/h3-11,13H,1-2H3,(H,23,24)/b17-11+. The number of benzene rings is 2. The first kappa shape index (κ1) is 19.1. The summed E-state index contributed by atoms with van der Waals surface area (Å²) in [4.78, 5) is 25.7. The van der Waals surface area contributed by atoms with Crippen LogP contribution in [0.15, 0.2) is 53.4 Å². The van der Waals surface area contributed by atoms with E-state index in [1.807, 2.05) is 37.3 Å². The van der Waals surface area contributed by atoms with Crippen molar-refractivity contribution in [3.63, 3.8) is 0 Å². The largest absolute Gasteiger partial charge is 0.479 e. The van der Waals surface area contributed by atoms with Crippen molar-refractivity contribution in [3.05, 3.63) is 64.6 Å². The molecule has 7 heteroatoms. The minimum atomic E-state index is -1.04. The predicted molar refractivity (Wildman–Crippen MR) is 111 cm³/mol. The van der Waals surface area contributed by atoms with E-state index in [9.17, 15) is 9.59 Å². The molecule has 1 N–H and O–H groups in total. The van der Waals surface area contributed by atoms with Crippen molar-refractivity contribution < 1.29 is 19.4 Å². The highest BCUT2D eigenvalue weighted by Crippen LogP contribution is 2.36. The lowest BCUT2D eigenvalue weighted by Crippen LogP contribution is -2.27. The van der Waals surface area contributed by atoms with E-state index in [0.717, 1.165) is 16.8 Å². The van der Waals surface area contributed by atoms with Crippen LogP contribution in [0.5, 0.6) is 5.75 Å². The van der Waals surface area contributed by atoms with E-state index < -0.39 is 12.1 Å². The molecule has 1 heterocycles. The Hall–Kier alpha value is -2.64. The van der Waals surface area contributed by atoms with Crippen LogP contribution >= 0.6 is 24.0 Å². The molecular formula is C20H17NO4S2. The number of carbonyl (C=O) groups is 2. The number of thiocarbonyl (C=S) groups is 1. The van der Waals surface area contributed by atoms with Crippen molar-refractivity contribution in [2.75, 3.05) is 4.90 Å². The smallest absolute Gasteiger partial charge is 0.344 e. The molecule has 1 atom stereocenters. The number of carboxylic acids is 1. The molecule has 0 aromatic heterocycles. The Labute approximate surface area is 166 Å². The van der Waals surface area contributed by atoms with Gasteiger partial charge >= 0.3 is 5.97 Å². The lowest BCUT2D eigenvalue weighted by molar-refractivity contribution is -0.144. The van der Waals surface area contributed by atoms with Crippen LogP contribution in [-0.2, 0) is 9.59 Å². The summed E-state index contributed by atoms with van der Waals surface area (Å²) in [5, 5.41) is 8.96. The molecule has 5 nitrogen and oxygen atoms in total. The molecule has 0 bridgehead atoms. The number of carboxylic acid groups (broad SMARTS) is 1. The van der Waals surface area contributed by atoms with Gasteiger partial charge in [-0.15, -0.1) is 0 Å². The molecule has 27 heavy (non-hydrogen) atoms. The number of aliphatic carboxylic acids is 1. The maximum absolute atomic E-state index is 12.8. The van der Waals surface area contributed by atoms with Gasteiger partial charge in [-0.2, -0.15) is 0 Å². The van der Waals surface area contributed by atoms with Crippen molar-refractivity contribution in [1.82, 2.24) is 0 Å². The van der Waals surface area contributed by atoms with Crippen LogP contribution in [0.25, 0.3) is 6.08 Å². The molecule has 0 spiro atoms. The van der Waals surface area contributed by atoms with Crippen molar-refractivity contribution in [3.8, 4) is 5.75 Å². The molecule has 2 aromatic carbocycles. The molecule has 2 aromatic rings. The number of thioether (sulfide) groups is 1. The maximum Gasteiger partial charge on any atom is 0.344 e. The van der Waals surface area contributed by atoms with Crippen molar-refractivity contribution in [2.24, 2.45) is 0 Å². The van der Waals surface area contributed by atoms with Crippen LogP contribution < -0.4 is 9.64 Å². The first-order valence-electron chi connectivity index (χ1n) is 8.19. The Balaban J connectivity index is 1.83. The molecule has 1 aliphatic rings. The number of carbonyl (C=O) groups excluding carboxylic acids is 1. The van der Waals surface area contributed by atoms with Gasteiger partial charge in [0.05, 0.1) is 10.6 Å². The quantitative estimate of drug-likeness (QED) is 0.599. The third-order valence-electron chi connectivity index (χ3n) is 3.90. The third-order valence-corrected chi connectivity index (χ3v) is 5.20. The zero-order valence-electron chi connectivity index (χ0n) is 14.7. The summed E-state index contributed by atoms with van der Waals surface area (Å²) in [6, 6.07) is 14.5. The Morgan fingerprint density at radius 1 is 1.26 bits per heavy atom. The van der Waals surface area contributed by atoms with Gasteiger partial charge in [-0.25, -0.2) is 4.79 Å². The summed E-state index contributed by atoms with van der Waals surface area (Å²) < 4.78 is 5.85. The maximum atomic E-state index is 12.8. The summed E-state index contributed by atoms with van der Waals surface area (Å²) in [6.07, 6.45) is 0.770. The van der Waals surface area contributed by atoms with Crippen molar-refractivity contribution in [2.45, 2.75) is 20.0 Å². The second-order valence-electron chi connectivity index (χ2n) is 6.02. The topological polar surface area (TPSA) is 66.8 Å². The minimum absolute atomic E-state index is 0.181. The number of amides is 1. The Morgan fingerprint density at radius 2 is 1.96 bits per heavy atom. The van der Waals surface area contributed by atoms with E-state index in [2.05, 4.69) is 0 Å². The number of aryl methyl sites for hydroxylation is 1. The summed E-state index contributed by atoms with van der Waals surface area (Å²) in [6.45, 7) is 3.44. The lowest BCUT2D eigenvalue weighted by Gasteiger charge is -2.14. The van der Waals surface area contributed by atoms with Crippen LogP contribution in [0, 0.1) is 6.92 Å². The summed E-state index contributed by atoms with van der Waals surface area (Å²) in [7, 11) is 0. The van der Waals surface area contributed by atoms with E-state index in [1.165, 1.54) is 23.6 Å². The Morgan fingerprint density at radius 3 is 2.63 bits per heavy atom. The molecule has 1 aliphatic heterocycles. The van der Waals surface area contributed by atoms with Gasteiger partial charge < -0.3 is 9.84 Å². The monoisotopic (exact) mass is 399 g/mol. The minimum Gasteiger partial charge on any atom is -0.479 e. The molecule has 1 unspecified atom stereocenters. The molecule has 0 aliphatic carbocycles. The number of hydrogen-bond donors (Lipinski definition) is 1. The first-order chi connectivity index (χ1) is 12.8. The summed E-state index contributed by atoms with van der Waals surface area (Å²) >= 11 is 6.61. The molecule has 1 fully saturated rings. The number of rotatable bonds is 5. The average molecular weight is 399 g/mol. The van der Waals surface area contributed by atoms with Gasteiger partial charge in [0, 0.05) is 0 Å². The Bertz CT molecular complexity index is 937. The van der Waals surface area contributed by atoms with Crippen molar-refractivity contribution >= 4 is 51.9 Å². The fraction of sp³-hybridized carbons (Fsp3) is 0.150. The van der Waals surface area contributed by atoms with Crippen molar-refractivity contribution in [1.29, 1.82) is 0 Å². The van der Waals surface area contributed by atoms with Crippen LogP contribution in [0.2, 0.25) is 0 Å². The third kappa shape index (κ3) is 4.37. The SMILES string of the molecule is Cc1ccc(N2C(=O)/C(=C\c3cccc(OC(C)C(=O)O)c3)SC2=S)cc1. The fourth-order valence-corrected chi connectivity index (χ4v) is 3.77. The molecule has 1 saturated heterocycles. The molecule has 3 rings (SSSR count). The molecule has 0 radical (unpaired) electrons. The second-order valence-corrected chi connectivity index (χ2v) is 7.70. The number of nitrogens with zero attached hydrogens (tertiary/aromatic N) is 1. The van der Waals surface area contributed by atoms with Crippen LogP contribution in [0.3, 0.4) is 0 Å². The predicted octanol–water partition coefficient (Wildman–Crippen LogP) is 4.25. The van der Waals surface area contributed by atoms with Gasteiger partial charge in [0.25, 0.3) is 5.91 Å². The highest BCUT2D eigenvalue weighted by Gasteiger charge is 2.33. The van der Waals surface area contributed by atoms with Gasteiger partial charge in [0.2, 0.25) is 0 Å². The van der Waals surface area contributed by atoms with Crippen LogP contribution in [0.1, 0.15) is 18.1 Å². The highest BCUT2D eigenvalue weighted by molar-refractivity contribution is 8.27. The van der Waals surface area contributed by atoms with Crippen LogP contribution in [-0.4, -0.2) is 27.4 Å². The van der Waals surface area contributed by atoms with Gasteiger partial charge in [-0.05, 0) is 49.8 Å². The van der Waals surface area contributed by atoms with E-state index in [4.69, 9.17) is 22.1 Å². The number of anilines is 1. The van der Waals surface area contributed by atoms with E-state index >= 15 is 0 Å². The zero-order valence-corrected chi connectivity index (χ0v) is 16.3. The van der Waals surface area contributed by atoms with Gasteiger partial charge in [-0.1, -0.05) is 53.8 Å². The summed E-state index contributed by atoms with van der Waals surface area (Å²) in [5.41, 5.74) is 2.57. The summed E-state index contributed by atoms with van der Waals surface area (Å²) in [5.74, 6) is -0.800. The highest BCUT2D eigenvalue weighted by atomic mass is 32.2. The van der Waals surface area contributed by atoms with E-state index in [-0.39, 0.29) is 5.91 Å². The second kappa shape index (κ2) is 7.94. The van der Waals surface area contributed by atoms with E-state index in [1.54, 1.807) is 24.3 Å². The van der Waals surface area contributed by atoms with Gasteiger partial charge in [-0.3, -0.25) is 9.69 Å². The number of ether oxygens (including phenoxy) is 1. The molecule has 1 amide bonds. The zero-order chi connectivity index (χ0) is 19.6. The Kier molecular flexibility index (Phi) is 5.62. The normalized spacial score (nSPS) is 16.7. The lowest BCUT2D eigenvalue weighted by atomic mass is 10.2. The number of hydrogen-bond acceptors (Lipinski definition) is 5. The average Bonchev–Trinajstić information content (AvgIpc) is 2.90. The van der Waals surface area contributed by atoms with Gasteiger partial charge in [0.15, 0.2) is 10.4 Å². The molecule has 138 valence electrons. The van der Waals surface area contributed by atoms with Crippen LogP contribution in [0.4, 0.5) is 5.69 Å². The molecular weight excluding hydrogens is 382 g/mol. The fourth-order valence-electron chi connectivity index (χ4n) is 2.47. The first-order valence-corrected chi connectivity index (χ1v) is 9.42. The van der Waals surface area contributed by atoms with E-state index in [0.29, 0.717) is 15.0 Å². The van der Waals surface area contributed by atoms with Gasteiger partial charge in [0.1, 0.15) is 5.75 Å². The molecule has 0 saturated carbocycles.